The lowest BCUT2D eigenvalue weighted by molar-refractivity contribution is -0.123. The van der Waals surface area contributed by atoms with E-state index in [1.165, 1.54) is 18.3 Å². The van der Waals surface area contributed by atoms with Crippen molar-refractivity contribution in [3.63, 3.8) is 0 Å². The first-order valence-corrected chi connectivity index (χ1v) is 6.40. The van der Waals surface area contributed by atoms with Crippen molar-refractivity contribution in [2.75, 3.05) is 6.61 Å². The van der Waals surface area contributed by atoms with Crippen LogP contribution in [0.5, 0.6) is 5.75 Å². The van der Waals surface area contributed by atoms with E-state index >= 15 is 0 Å². The Labute approximate surface area is 122 Å². The Morgan fingerprint density at radius 1 is 1.29 bits per heavy atom. The third-order valence-corrected chi connectivity index (χ3v) is 2.61. The maximum atomic E-state index is 12.9. The van der Waals surface area contributed by atoms with Crippen LogP contribution >= 0.6 is 0 Å². The average Bonchev–Trinajstić information content (AvgIpc) is 2.45. The molecule has 2 aromatic carbocycles. The quantitative estimate of drug-likeness (QED) is 0.678. The molecule has 0 radical (unpaired) electrons. The van der Waals surface area contributed by atoms with E-state index in [2.05, 4.69) is 10.5 Å². The second-order valence-corrected chi connectivity index (χ2v) is 4.45. The van der Waals surface area contributed by atoms with Gasteiger partial charge in [-0.05, 0) is 42.3 Å². The Kier molecular flexibility index (Phi) is 5.04. The Morgan fingerprint density at radius 3 is 2.86 bits per heavy atom. The van der Waals surface area contributed by atoms with Crippen LogP contribution in [-0.4, -0.2) is 18.7 Å². The van der Waals surface area contributed by atoms with Crippen LogP contribution in [0, 0.1) is 12.7 Å². The number of halogens is 1. The number of ether oxygens (including phenoxy) is 1. The minimum Gasteiger partial charge on any atom is -0.484 e. The molecule has 0 unspecified atom stereocenters. The van der Waals surface area contributed by atoms with Crippen LogP contribution in [-0.2, 0) is 4.79 Å². The lowest BCUT2D eigenvalue weighted by Gasteiger charge is -2.05. The van der Waals surface area contributed by atoms with Gasteiger partial charge in [-0.25, -0.2) is 9.82 Å². The van der Waals surface area contributed by atoms with E-state index in [1.807, 2.05) is 25.1 Å². The van der Waals surface area contributed by atoms with Crippen LogP contribution in [0.1, 0.15) is 11.1 Å². The number of carbonyl (C=O) groups excluding carboxylic acids is 1. The number of hydrogen-bond donors (Lipinski definition) is 1. The smallest absolute Gasteiger partial charge is 0.277 e. The summed E-state index contributed by atoms with van der Waals surface area (Å²) in [6.45, 7) is 1.81. The van der Waals surface area contributed by atoms with Crippen molar-refractivity contribution in [2.45, 2.75) is 6.92 Å². The van der Waals surface area contributed by atoms with Crippen LogP contribution < -0.4 is 10.2 Å². The predicted octanol–water partition coefficient (Wildman–Crippen LogP) is 2.66. The summed E-state index contributed by atoms with van der Waals surface area (Å²) in [4.78, 5) is 11.5. The summed E-state index contributed by atoms with van der Waals surface area (Å²) in [5.41, 5.74) is 3.94. The van der Waals surface area contributed by atoms with Gasteiger partial charge in [-0.2, -0.15) is 5.10 Å². The van der Waals surface area contributed by atoms with Crippen molar-refractivity contribution >= 4 is 12.1 Å². The van der Waals surface area contributed by atoms with Crippen LogP contribution in [0.15, 0.2) is 53.6 Å². The number of nitrogens with zero attached hydrogens (tertiary/aromatic N) is 1. The number of aryl methyl sites for hydroxylation is 1. The molecule has 1 N–H and O–H groups in total. The van der Waals surface area contributed by atoms with Gasteiger partial charge >= 0.3 is 0 Å². The highest BCUT2D eigenvalue weighted by Crippen LogP contribution is 2.11. The summed E-state index contributed by atoms with van der Waals surface area (Å²) in [6, 6.07) is 13.3. The zero-order chi connectivity index (χ0) is 15.1. The highest BCUT2D eigenvalue weighted by Gasteiger charge is 2.01. The summed E-state index contributed by atoms with van der Waals surface area (Å²) in [7, 11) is 0. The predicted molar refractivity (Wildman–Crippen MR) is 78.8 cm³/mol. The fraction of sp³-hybridized carbons (Fsp3) is 0.125. The Morgan fingerprint density at radius 2 is 2.10 bits per heavy atom. The minimum absolute atomic E-state index is 0.135. The fourth-order valence-electron chi connectivity index (χ4n) is 1.65. The maximum Gasteiger partial charge on any atom is 0.277 e. The van der Waals surface area contributed by atoms with Crippen molar-refractivity contribution in [1.82, 2.24) is 5.43 Å². The molecule has 4 nitrogen and oxygen atoms in total. The largest absolute Gasteiger partial charge is 0.484 e. The van der Waals surface area contributed by atoms with Gasteiger partial charge < -0.3 is 4.74 Å². The Hall–Kier alpha value is -2.69. The van der Waals surface area contributed by atoms with Crippen molar-refractivity contribution in [1.29, 1.82) is 0 Å². The summed E-state index contributed by atoms with van der Waals surface area (Å²) in [5.74, 6) is -0.114. The number of rotatable bonds is 5. The highest BCUT2D eigenvalue weighted by molar-refractivity contribution is 5.82. The van der Waals surface area contributed by atoms with Crippen LogP contribution in [0.3, 0.4) is 0 Å². The lowest BCUT2D eigenvalue weighted by atomic mass is 10.2. The molecule has 0 saturated carbocycles. The second kappa shape index (κ2) is 7.19. The molecule has 2 rings (SSSR count). The van der Waals surface area contributed by atoms with Gasteiger partial charge in [-0.15, -0.1) is 0 Å². The number of hydrogen-bond acceptors (Lipinski definition) is 3. The van der Waals surface area contributed by atoms with Crippen molar-refractivity contribution < 1.29 is 13.9 Å². The fourth-order valence-corrected chi connectivity index (χ4v) is 1.65. The molecule has 0 atom stereocenters. The molecule has 21 heavy (non-hydrogen) atoms. The standard InChI is InChI=1S/C16H15FN2O2/c1-12-4-2-7-15(8-12)21-11-16(20)19-18-10-13-5-3-6-14(17)9-13/h2-10H,11H2,1H3,(H,19,20). The molecule has 0 bridgehead atoms. The topological polar surface area (TPSA) is 50.7 Å². The molecule has 0 aliphatic heterocycles. The number of benzene rings is 2. The first-order chi connectivity index (χ1) is 10.1. The molecule has 0 spiro atoms. The van der Waals surface area contributed by atoms with Gasteiger partial charge in [0.2, 0.25) is 0 Å². The molecule has 2 aromatic rings. The van der Waals surface area contributed by atoms with Crippen LogP contribution in [0.4, 0.5) is 4.39 Å². The Bertz CT molecular complexity index is 656. The molecule has 0 aromatic heterocycles. The zero-order valence-electron chi connectivity index (χ0n) is 11.5. The summed E-state index contributed by atoms with van der Waals surface area (Å²) in [5, 5.41) is 3.74. The molecule has 0 fully saturated rings. The first-order valence-electron chi connectivity index (χ1n) is 6.40. The van der Waals surface area contributed by atoms with Crippen LogP contribution in [0.25, 0.3) is 0 Å². The summed E-state index contributed by atoms with van der Waals surface area (Å²) in [6.07, 6.45) is 1.37. The van der Waals surface area contributed by atoms with Gasteiger partial charge in [-0.3, -0.25) is 4.79 Å². The van der Waals surface area contributed by atoms with E-state index in [1.54, 1.807) is 18.2 Å². The van der Waals surface area contributed by atoms with Gasteiger partial charge in [-0.1, -0.05) is 24.3 Å². The van der Waals surface area contributed by atoms with E-state index in [0.717, 1.165) is 5.56 Å². The second-order valence-electron chi connectivity index (χ2n) is 4.45. The number of amides is 1. The first kappa shape index (κ1) is 14.7. The number of nitrogens with one attached hydrogen (secondary N) is 1. The highest BCUT2D eigenvalue weighted by atomic mass is 19.1. The zero-order valence-corrected chi connectivity index (χ0v) is 11.5. The third-order valence-electron chi connectivity index (χ3n) is 2.61. The molecular weight excluding hydrogens is 271 g/mol. The van der Waals surface area contributed by atoms with Gasteiger partial charge in [0.25, 0.3) is 5.91 Å². The molecular formula is C16H15FN2O2. The number of carbonyl (C=O) groups is 1. The summed E-state index contributed by atoms with van der Waals surface area (Å²) < 4.78 is 18.2. The van der Waals surface area contributed by atoms with E-state index < -0.39 is 0 Å². The Balaban J connectivity index is 1.80. The SMILES string of the molecule is Cc1cccc(OCC(=O)NN=Cc2cccc(F)c2)c1. The maximum absolute atomic E-state index is 12.9. The van der Waals surface area contributed by atoms with E-state index in [0.29, 0.717) is 11.3 Å². The van der Waals surface area contributed by atoms with Crippen LogP contribution in [0.2, 0.25) is 0 Å². The molecule has 0 aliphatic carbocycles. The normalized spacial score (nSPS) is 10.6. The van der Waals surface area contributed by atoms with Gasteiger partial charge in [0.1, 0.15) is 11.6 Å². The van der Waals surface area contributed by atoms with Crippen molar-refractivity contribution in [3.05, 3.63) is 65.5 Å². The monoisotopic (exact) mass is 286 g/mol. The van der Waals surface area contributed by atoms with Gasteiger partial charge in [0.05, 0.1) is 6.21 Å². The van der Waals surface area contributed by atoms with E-state index in [9.17, 15) is 9.18 Å². The molecule has 1 amide bonds. The molecule has 0 aliphatic rings. The van der Waals surface area contributed by atoms with Gasteiger partial charge in [0.15, 0.2) is 6.61 Å². The summed E-state index contributed by atoms with van der Waals surface area (Å²) >= 11 is 0. The van der Waals surface area contributed by atoms with E-state index in [4.69, 9.17) is 4.74 Å². The number of hydrazone groups is 1. The third kappa shape index (κ3) is 5.06. The van der Waals surface area contributed by atoms with E-state index in [-0.39, 0.29) is 18.3 Å². The van der Waals surface area contributed by atoms with Crippen molar-refractivity contribution in [3.8, 4) is 5.75 Å². The molecule has 0 saturated heterocycles. The van der Waals surface area contributed by atoms with Gasteiger partial charge in [0, 0.05) is 0 Å². The average molecular weight is 286 g/mol. The lowest BCUT2D eigenvalue weighted by Crippen LogP contribution is -2.24. The molecule has 0 heterocycles. The minimum atomic E-state index is -0.385. The van der Waals surface area contributed by atoms with Crippen molar-refractivity contribution in [2.24, 2.45) is 5.10 Å². The molecule has 5 heteroatoms. The molecule has 108 valence electrons.